The molecule has 0 heterocycles. The number of halogens is 1. The van der Waals surface area contributed by atoms with Crippen LogP contribution in [0.2, 0.25) is 0 Å². The number of benzene rings is 2. The van der Waals surface area contributed by atoms with Gasteiger partial charge in [-0.1, -0.05) is 48.5 Å². The Kier molecular flexibility index (Phi) is 9.00. The molecule has 0 unspecified atom stereocenters. The fraction of sp³-hybridized carbons (Fsp3) is 0.348. The molecule has 7 heteroatoms. The molecule has 2 atom stereocenters. The van der Waals surface area contributed by atoms with Crippen LogP contribution >= 0.6 is 0 Å². The van der Waals surface area contributed by atoms with E-state index in [2.05, 4.69) is 10.6 Å². The second kappa shape index (κ2) is 11.7. The third kappa shape index (κ3) is 7.31. The first-order valence-corrected chi connectivity index (χ1v) is 9.83. The van der Waals surface area contributed by atoms with Crippen molar-refractivity contribution in [2.24, 2.45) is 0 Å². The average molecular weight is 414 g/mol. The number of hydrogen-bond donors (Lipinski definition) is 2. The molecule has 0 saturated heterocycles. The summed E-state index contributed by atoms with van der Waals surface area (Å²) in [6.45, 7) is 1.28. The molecule has 160 valence electrons. The predicted molar refractivity (Wildman–Crippen MR) is 111 cm³/mol. The first kappa shape index (κ1) is 23.1. The van der Waals surface area contributed by atoms with Gasteiger partial charge in [0.1, 0.15) is 17.9 Å². The van der Waals surface area contributed by atoms with E-state index >= 15 is 0 Å². The van der Waals surface area contributed by atoms with Gasteiger partial charge in [-0.15, -0.1) is 0 Å². The molecule has 0 aliphatic carbocycles. The van der Waals surface area contributed by atoms with Crippen molar-refractivity contribution in [2.45, 2.75) is 44.7 Å². The maximum Gasteiger partial charge on any atom is 0.328 e. The van der Waals surface area contributed by atoms with Gasteiger partial charge in [-0.25, -0.2) is 9.18 Å². The normalized spacial score (nSPS) is 12.5. The lowest BCUT2D eigenvalue weighted by Gasteiger charge is -2.22. The molecule has 0 saturated carbocycles. The fourth-order valence-electron chi connectivity index (χ4n) is 3.16. The Morgan fingerprint density at radius 3 is 2.27 bits per heavy atom. The third-order valence-corrected chi connectivity index (χ3v) is 4.68. The largest absolute Gasteiger partial charge is 0.467 e. The van der Waals surface area contributed by atoms with E-state index in [4.69, 9.17) is 4.74 Å². The zero-order chi connectivity index (χ0) is 21.9. The summed E-state index contributed by atoms with van der Waals surface area (Å²) in [5, 5.41) is 5.18. The summed E-state index contributed by atoms with van der Waals surface area (Å²) in [6, 6.07) is 14.0. The zero-order valence-corrected chi connectivity index (χ0v) is 17.2. The number of nitrogens with one attached hydrogen (secondary N) is 2. The molecule has 30 heavy (non-hydrogen) atoms. The number of amides is 2. The van der Waals surface area contributed by atoms with Gasteiger partial charge in [-0.05, 0) is 36.5 Å². The Labute approximate surface area is 175 Å². The highest BCUT2D eigenvalue weighted by Crippen LogP contribution is 2.11. The lowest BCUT2D eigenvalue weighted by Crippen LogP contribution is -2.52. The molecule has 0 aliphatic heterocycles. The van der Waals surface area contributed by atoms with Crippen LogP contribution in [0.3, 0.4) is 0 Å². The van der Waals surface area contributed by atoms with Crippen LogP contribution in [0.1, 0.15) is 30.9 Å². The van der Waals surface area contributed by atoms with Crippen LogP contribution in [0.15, 0.2) is 54.6 Å². The number of carbonyl (C=O) groups is 3. The van der Waals surface area contributed by atoms with E-state index in [1.54, 1.807) is 18.2 Å². The SMILES string of the molecule is COC(=O)[C@@H](CCCc1ccccc1)NC(=O)[C@@H](Cc1ccccc1F)NC(C)=O. The molecule has 0 radical (unpaired) electrons. The molecule has 0 bridgehead atoms. The summed E-state index contributed by atoms with van der Waals surface area (Å²) in [5.41, 5.74) is 1.42. The van der Waals surface area contributed by atoms with Crippen LogP contribution in [0.25, 0.3) is 0 Å². The van der Waals surface area contributed by atoms with Crippen molar-refractivity contribution in [3.63, 3.8) is 0 Å². The molecule has 0 aromatic heterocycles. The lowest BCUT2D eigenvalue weighted by atomic mass is 10.0. The molecular formula is C23H27FN2O4. The summed E-state index contributed by atoms with van der Waals surface area (Å²) in [7, 11) is 1.25. The van der Waals surface area contributed by atoms with Crippen LogP contribution in [0.5, 0.6) is 0 Å². The molecule has 2 rings (SSSR count). The van der Waals surface area contributed by atoms with Crippen LogP contribution in [0, 0.1) is 5.82 Å². The number of rotatable bonds is 10. The Bertz CT molecular complexity index is 857. The lowest BCUT2D eigenvalue weighted by molar-refractivity contribution is -0.145. The standard InChI is InChI=1S/C23H27FN2O4/c1-16(27)25-21(15-18-12-6-7-13-19(18)24)22(28)26-20(23(29)30-2)14-8-11-17-9-4-3-5-10-17/h3-7,9-10,12-13,20-21H,8,11,14-15H2,1-2H3,(H,25,27)(H,26,28)/t20-,21-/m1/s1. The van der Waals surface area contributed by atoms with E-state index in [1.165, 1.54) is 20.1 Å². The van der Waals surface area contributed by atoms with Gasteiger partial charge in [0, 0.05) is 13.3 Å². The van der Waals surface area contributed by atoms with Crippen molar-refractivity contribution in [2.75, 3.05) is 7.11 Å². The van der Waals surface area contributed by atoms with Crippen molar-refractivity contribution >= 4 is 17.8 Å². The topological polar surface area (TPSA) is 84.5 Å². The number of ether oxygens (including phenoxy) is 1. The predicted octanol–water partition coefficient (Wildman–Crippen LogP) is 2.55. The van der Waals surface area contributed by atoms with Gasteiger partial charge < -0.3 is 15.4 Å². The first-order valence-electron chi connectivity index (χ1n) is 9.83. The Balaban J connectivity index is 2.04. The minimum atomic E-state index is -1.01. The van der Waals surface area contributed by atoms with E-state index in [0.717, 1.165) is 12.0 Å². The summed E-state index contributed by atoms with van der Waals surface area (Å²) < 4.78 is 18.8. The molecule has 2 aromatic rings. The second-order valence-corrected chi connectivity index (χ2v) is 7.01. The van der Waals surface area contributed by atoms with Gasteiger partial charge in [-0.3, -0.25) is 9.59 Å². The molecule has 2 N–H and O–H groups in total. The minimum absolute atomic E-state index is 0.0318. The monoisotopic (exact) mass is 414 g/mol. The number of methoxy groups -OCH3 is 1. The molecule has 0 fully saturated rings. The summed E-state index contributed by atoms with van der Waals surface area (Å²) in [5.74, 6) is -2.02. The van der Waals surface area contributed by atoms with Gasteiger partial charge in [-0.2, -0.15) is 0 Å². The molecule has 6 nitrogen and oxygen atoms in total. The van der Waals surface area contributed by atoms with Crippen molar-refractivity contribution in [3.8, 4) is 0 Å². The van der Waals surface area contributed by atoms with Crippen molar-refractivity contribution < 1.29 is 23.5 Å². The zero-order valence-electron chi connectivity index (χ0n) is 17.2. The van der Waals surface area contributed by atoms with Crippen LogP contribution in [-0.4, -0.2) is 37.0 Å². The second-order valence-electron chi connectivity index (χ2n) is 7.01. The number of esters is 1. The number of carbonyl (C=O) groups excluding carboxylic acids is 3. The molecular weight excluding hydrogens is 387 g/mol. The van der Waals surface area contributed by atoms with Gasteiger partial charge >= 0.3 is 5.97 Å². The minimum Gasteiger partial charge on any atom is -0.467 e. The van der Waals surface area contributed by atoms with Gasteiger partial charge in [0.15, 0.2) is 0 Å². The molecule has 2 amide bonds. The highest BCUT2D eigenvalue weighted by molar-refractivity contribution is 5.90. The quantitative estimate of drug-likeness (QED) is 0.585. The number of aryl methyl sites for hydroxylation is 1. The fourth-order valence-corrected chi connectivity index (χ4v) is 3.16. The molecule has 0 spiro atoms. The Morgan fingerprint density at radius 2 is 1.63 bits per heavy atom. The smallest absolute Gasteiger partial charge is 0.328 e. The van der Waals surface area contributed by atoms with Gasteiger partial charge in [0.05, 0.1) is 7.11 Å². The highest BCUT2D eigenvalue weighted by Gasteiger charge is 2.27. The van der Waals surface area contributed by atoms with Gasteiger partial charge in [0.2, 0.25) is 11.8 Å². The first-order chi connectivity index (χ1) is 14.4. The van der Waals surface area contributed by atoms with Crippen molar-refractivity contribution in [1.82, 2.24) is 10.6 Å². The van der Waals surface area contributed by atoms with E-state index in [9.17, 15) is 18.8 Å². The Hall–Kier alpha value is -3.22. The van der Waals surface area contributed by atoms with E-state index in [-0.39, 0.29) is 6.42 Å². The summed E-state index contributed by atoms with van der Waals surface area (Å²) in [4.78, 5) is 36.5. The summed E-state index contributed by atoms with van der Waals surface area (Å²) >= 11 is 0. The van der Waals surface area contributed by atoms with Crippen LogP contribution in [-0.2, 0) is 32.0 Å². The van der Waals surface area contributed by atoms with Crippen LogP contribution < -0.4 is 10.6 Å². The van der Waals surface area contributed by atoms with Crippen molar-refractivity contribution in [1.29, 1.82) is 0 Å². The van der Waals surface area contributed by atoms with Crippen LogP contribution in [0.4, 0.5) is 4.39 Å². The Morgan fingerprint density at radius 1 is 0.967 bits per heavy atom. The van der Waals surface area contributed by atoms with E-state index in [1.807, 2.05) is 30.3 Å². The van der Waals surface area contributed by atoms with Crippen molar-refractivity contribution in [3.05, 3.63) is 71.5 Å². The molecule has 0 aliphatic rings. The molecule has 2 aromatic carbocycles. The maximum absolute atomic E-state index is 14.0. The third-order valence-electron chi connectivity index (χ3n) is 4.68. The number of hydrogen-bond acceptors (Lipinski definition) is 4. The van der Waals surface area contributed by atoms with Gasteiger partial charge in [0.25, 0.3) is 0 Å². The maximum atomic E-state index is 14.0. The summed E-state index contributed by atoms with van der Waals surface area (Å²) in [6.07, 6.45) is 1.74. The van der Waals surface area contributed by atoms with E-state index < -0.39 is 35.7 Å². The average Bonchev–Trinajstić information content (AvgIpc) is 2.73. The highest BCUT2D eigenvalue weighted by atomic mass is 19.1. The van der Waals surface area contributed by atoms with E-state index in [0.29, 0.717) is 18.4 Å².